The van der Waals surface area contributed by atoms with Crippen LogP contribution in [-0.2, 0) is 0 Å². The summed E-state index contributed by atoms with van der Waals surface area (Å²) in [6.07, 6.45) is 1.09. The molecule has 4 nitrogen and oxygen atoms in total. The highest BCUT2D eigenvalue weighted by Crippen LogP contribution is 2.32. The number of benzene rings is 1. The first-order valence-electron chi connectivity index (χ1n) is 6.45. The molecular formula is C14H16Cl2N2O2S. The van der Waals surface area contributed by atoms with E-state index in [4.69, 9.17) is 27.9 Å². The van der Waals surface area contributed by atoms with E-state index in [2.05, 4.69) is 10.3 Å². The van der Waals surface area contributed by atoms with Crippen LogP contribution >= 0.6 is 34.5 Å². The van der Waals surface area contributed by atoms with E-state index in [0.717, 1.165) is 5.01 Å². The minimum Gasteiger partial charge on any atom is -0.488 e. The number of nitrogens with one attached hydrogen (secondary N) is 1. The average molecular weight is 347 g/mol. The van der Waals surface area contributed by atoms with Crippen LogP contribution in [0.3, 0.4) is 0 Å². The summed E-state index contributed by atoms with van der Waals surface area (Å²) in [7, 11) is 0. The first kappa shape index (κ1) is 16.5. The van der Waals surface area contributed by atoms with E-state index in [9.17, 15) is 5.11 Å². The molecule has 0 amide bonds. The number of ether oxygens (including phenoxy) is 1. The van der Waals surface area contributed by atoms with Gasteiger partial charge < -0.3 is 15.2 Å². The van der Waals surface area contributed by atoms with Crippen molar-refractivity contribution in [2.75, 3.05) is 13.2 Å². The molecule has 1 aromatic carbocycles. The average Bonchev–Trinajstić information content (AvgIpc) is 2.98. The molecule has 114 valence electrons. The Labute approximate surface area is 137 Å². The van der Waals surface area contributed by atoms with Crippen molar-refractivity contribution in [3.8, 4) is 5.75 Å². The van der Waals surface area contributed by atoms with Crippen LogP contribution < -0.4 is 10.1 Å². The summed E-state index contributed by atoms with van der Waals surface area (Å²) in [5, 5.41) is 16.9. The van der Waals surface area contributed by atoms with Gasteiger partial charge >= 0.3 is 0 Å². The maximum absolute atomic E-state index is 9.95. The van der Waals surface area contributed by atoms with Gasteiger partial charge in [0.1, 0.15) is 17.7 Å². The van der Waals surface area contributed by atoms with Crippen LogP contribution in [-0.4, -0.2) is 29.3 Å². The van der Waals surface area contributed by atoms with Gasteiger partial charge in [-0.05, 0) is 19.1 Å². The smallest absolute Gasteiger partial charge is 0.156 e. The third-order valence-electron chi connectivity index (χ3n) is 2.82. The molecule has 0 bridgehead atoms. The van der Waals surface area contributed by atoms with Gasteiger partial charge in [0.25, 0.3) is 0 Å². The molecule has 0 spiro atoms. The molecule has 0 aliphatic rings. The molecule has 0 aliphatic heterocycles. The number of hydrogen-bond donors (Lipinski definition) is 2. The zero-order valence-corrected chi connectivity index (χ0v) is 13.8. The Hall–Kier alpha value is -0.850. The number of rotatable bonds is 7. The molecule has 0 radical (unpaired) electrons. The van der Waals surface area contributed by atoms with Crippen LogP contribution in [0.25, 0.3) is 0 Å². The van der Waals surface area contributed by atoms with Gasteiger partial charge in [0.05, 0.1) is 16.1 Å². The van der Waals surface area contributed by atoms with E-state index < -0.39 is 6.10 Å². The highest BCUT2D eigenvalue weighted by atomic mass is 35.5. The number of aliphatic hydroxyl groups excluding tert-OH is 1. The van der Waals surface area contributed by atoms with Crippen LogP contribution in [0.4, 0.5) is 0 Å². The van der Waals surface area contributed by atoms with Crippen molar-refractivity contribution in [3.05, 3.63) is 44.8 Å². The Morgan fingerprint density at radius 2 is 2.10 bits per heavy atom. The van der Waals surface area contributed by atoms with E-state index in [1.807, 2.05) is 12.3 Å². The summed E-state index contributed by atoms with van der Waals surface area (Å²) in [5.74, 6) is 0.396. The van der Waals surface area contributed by atoms with Gasteiger partial charge in [0.15, 0.2) is 5.75 Å². The molecule has 1 heterocycles. The summed E-state index contributed by atoms with van der Waals surface area (Å²) in [4.78, 5) is 4.22. The second kappa shape index (κ2) is 7.96. The monoisotopic (exact) mass is 346 g/mol. The van der Waals surface area contributed by atoms with E-state index in [0.29, 0.717) is 22.3 Å². The van der Waals surface area contributed by atoms with Gasteiger partial charge in [-0.3, -0.25) is 0 Å². The molecule has 0 saturated heterocycles. The van der Waals surface area contributed by atoms with Crippen molar-refractivity contribution in [3.63, 3.8) is 0 Å². The second-order valence-corrected chi connectivity index (χ2v) is 6.26. The lowest BCUT2D eigenvalue weighted by atomic mass is 10.3. The summed E-state index contributed by atoms with van der Waals surface area (Å²) >= 11 is 13.6. The first-order valence-corrected chi connectivity index (χ1v) is 8.09. The number of aliphatic hydroxyl groups is 1. The number of thiazole rings is 1. The fraction of sp³-hybridized carbons (Fsp3) is 0.357. The highest BCUT2D eigenvalue weighted by molar-refractivity contribution is 7.09. The van der Waals surface area contributed by atoms with E-state index >= 15 is 0 Å². The Kier molecular flexibility index (Phi) is 6.26. The molecule has 1 aromatic heterocycles. The van der Waals surface area contributed by atoms with Crippen molar-refractivity contribution >= 4 is 34.5 Å². The highest BCUT2D eigenvalue weighted by Gasteiger charge is 2.13. The third kappa shape index (κ3) is 4.83. The predicted octanol–water partition coefficient (Wildman–Crippen LogP) is 3.54. The Balaban J connectivity index is 1.78. The van der Waals surface area contributed by atoms with E-state index in [1.54, 1.807) is 35.7 Å². The molecule has 2 atom stereocenters. The van der Waals surface area contributed by atoms with Crippen molar-refractivity contribution in [1.29, 1.82) is 0 Å². The maximum Gasteiger partial charge on any atom is 0.156 e. The lowest BCUT2D eigenvalue weighted by Crippen LogP contribution is -2.33. The predicted molar refractivity (Wildman–Crippen MR) is 86.5 cm³/mol. The van der Waals surface area contributed by atoms with Gasteiger partial charge in [-0.25, -0.2) is 4.98 Å². The van der Waals surface area contributed by atoms with Crippen molar-refractivity contribution in [2.45, 2.75) is 19.1 Å². The zero-order valence-electron chi connectivity index (χ0n) is 11.4. The maximum atomic E-state index is 9.95. The van der Waals surface area contributed by atoms with Crippen molar-refractivity contribution in [2.24, 2.45) is 0 Å². The molecule has 2 N–H and O–H groups in total. The number of hydrogen-bond acceptors (Lipinski definition) is 5. The van der Waals surface area contributed by atoms with Crippen LogP contribution in [0.1, 0.15) is 18.0 Å². The molecule has 2 unspecified atom stereocenters. The molecule has 2 aromatic rings. The van der Waals surface area contributed by atoms with Crippen molar-refractivity contribution in [1.82, 2.24) is 10.3 Å². The minimum atomic E-state index is -0.667. The largest absolute Gasteiger partial charge is 0.488 e. The third-order valence-corrected chi connectivity index (χ3v) is 4.37. The van der Waals surface area contributed by atoms with E-state index in [1.165, 1.54) is 0 Å². The fourth-order valence-corrected chi connectivity index (χ4v) is 2.88. The summed E-state index contributed by atoms with van der Waals surface area (Å²) in [6, 6.07) is 5.21. The molecule has 2 rings (SSSR count). The lowest BCUT2D eigenvalue weighted by molar-refractivity contribution is 0.104. The lowest BCUT2D eigenvalue weighted by Gasteiger charge is -2.17. The van der Waals surface area contributed by atoms with Crippen LogP contribution in [0, 0.1) is 0 Å². The first-order chi connectivity index (χ1) is 10.1. The van der Waals surface area contributed by atoms with Crippen LogP contribution in [0.2, 0.25) is 10.0 Å². The Bertz CT molecular complexity index is 546. The Morgan fingerprint density at radius 3 is 2.71 bits per heavy atom. The van der Waals surface area contributed by atoms with Gasteiger partial charge in [-0.2, -0.15) is 0 Å². The van der Waals surface area contributed by atoms with Gasteiger partial charge in [-0.15, -0.1) is 11.3 Å². The van der Waals surface area contributed by atoms with E-state index in [-0.39, 0.29) is 12.6 Å². The number of nitrogens with zero attached hydrogens (tertiary/aromatic N) is 1. The SMILES string of the molecule is CC(NCC(O)COc1c(Cl)cccc1Cl)c1nccs1. The Morgan fingerprint density at radius 1 is 1.38 bits per heavy atom. The van der Waals surface area contributed by atoms with Crippen LogP contribution in [0.5, 0.6) is 5.75 Å². The van der Waals surface area contributed by atoms with Crippen molar-refractivity contribution < 1.29 is 9.84 Å². The quantitative estimate of drug-likeness (QED) is 0.804. The molecule has 0 saturated carbocycles. The molecular weight excluding hydrogens is 331 g/mol. The summed E-state index contributed by atoms with van der Waals surface area (Å²) in [6.45, 7) is 2.50. The molecule has 21 heavy (non-hydrogen) atoms. The summed E-state index contributed by atoms with van der Waals surface area (Å²) < 4.78 is 5.49. The summed E-state index contributed by atoms with van der Waals surface area (Å²) in [5.41, 5.74) is 0. The van der Waals surface area contributed by atoms with Gasteiger partial charge in [0, 0.05) is 18.1 Å². The molecule has 0 fully saturated rings. The number of halogens is 2. The molecule has 7 heteroatoms. The number of aromatic nitrogens is 1. The van der Waals surface area contributed by atoms with Crippen LogP contribution in [0.15, 0.2) is 29.8 Å². The topological polar surface area (TPSA) is 54.4 Å². The van der Waals surface area contributed by atoms with Gasteiger partial charge in [0.2, 0.25) is 0 Å². The van der Waals surface area contributed by atoms with Gasteiger partial charge in [-0.1, -0.05) is 29.3 Å². The second-order valence-electron chi connectivity index (χ2n) is 4.52. The number of para-hydroxylation sites is 1. The standard InChI is InChI=1S/C14H16Cl2N2O2S/c1-9(14-17-5-6-21-14)18-7-10(19)8-20-13-11(15)3-2-4-12(13)16/h2-6,9-10,18-19H,7-8H2,1H3. The fourth-order valence-electron chi connectivity index (χ4n) is 1.71. The zero-order chi connectivity index (χ0) is 15.2. The minimum absolute atomic E-state index is 0.0866. The normalized spacial score (nSPS) is 13.9. The molecule has 0 aliphatic carbocycles.